The highest BCUT2D eigenvalue weighted by atomic mass is 16.6. The van der Waals surface area contributed by atoms with Gasteiger partial charge in [-0.3, -0.25) is 0 Å². The van der Waals surface area contributed by atoms with Crippen LogP contribution in [0.1, 0.15) is 57.7 Å². The summed E-state index contributed by atoms with van der Waals surface area (Å²) in [6, 6.07) is 5.63. The molecule has 5 nitrogen and oxygen atoms in total. The van der Waals surface area contributed by atoms with Crippen molar-refractivity contribution in [2.24, 2.45) is 5.73 Å². The minimum Gasteiger partial charge on any atom is -0.496 e. The number of nitrogens with one attached hydrogen (secondary N) is 1. The predicted octanol–water partition coefficient (Wildman–Crippen LogP) is 3.34. The van der Waals surface area contributed by atoms with Crippen molar-refractivity contribution in [3.8, 4) is 5.75 Å². The van der Waals surface area contributed by atoms with Crippen LogP contribution in [-0.2, 0) is 4.74 Å². The van der Waals surface area contributed by atoms with E-state index in [4.69, 9.17) is 15.2 Å². The quantitative estimate of drug-likeness (QED) is 0.875. The van der Waals surface area contributed by atoms with Crippen molar-refractivity contribution >= 4 is 6.09 Å². The Hall–Kier alpha value is -1.75. The SMILES string of the molecule is COc1cc(C(C)C)ccc1C(N)CNC(=O)OC(C)(C)C. The zero-order chi connectivity index (χ0) is 16.9. The number of methoxy groups -OCH3 is 1. The highest BCUT2D eigenvalue weighted by Gasteiger charge is 2.18. The molecule has 5 heteroatoms. The highest BCUT2D eigenvalue weighted by Crippen LogP contribution is 2.28. The third-order valence-corrected chi connectivity index (χ3v) is 3.19. The van der Waals surface area contributed by atoms with E-state index < -0.39 is 11.7 Å². The third kappa shape index (κ3) is 5.56. The Morgan fingerprint density at radius 3 is 2.45 bits per heavy atom. The zero-order valence-corrected chi connectivity index (χ0v) is 14.4. The molecule has 124 valence electrons. The van der Waals surface area contributed by atoms with Crippen LogP contribution in [-0.4, -0.2) is 25.3 Å². The lowest BCUT2D eigenvalue weighted by Gasteiger charge is -2.22. The van der Waals surface area contributed by atoms with Crippen LogP contribution in [0.25, 0.3) is 0 Å². The van der Waals surface area contributed by atoms with E-state index in [2.05, 4.69) is 19.2 Å². The largest absolute Gasteiger partial charge is 0.496 e. The Labute approximate surface area is 133 Å². The van der Waals surface area contributed by atoms with Crippen molar-refractivity contribution in [3.63, 3.8) is 0 Å². The van der Waals surface area contributed by atoms with Crippen LogP contribution in [0.4, 0.5) is 4.79 Å². The molecule has 1 aromatic rings. The fourth-order valence-corrected chi connectivity index (χ4v) is 2.01. The van der Waals surface area contributed by atoms with E-state index >= 15 is 0 Å². The van der Waals surface area contributed by atoms with E-state index in [1.165, 1.54) is 5.56 Å². The number of ether oxygens (including phenoxy) is 2. The molecule has 0 aromatic heterocycles. The van der Waals surface area contributed by atoms with Crippen molar-refractivity contribution in [2.75, 3.05) is 13.7 Å². The van der Waals surface area contributed by atoms with Gasteiger partial charge >= 0.3 is 6.09 Å². The summed E-state index contributed by atoms with van der Waals surface area (Å²) < 4.78 is 10.6. The molecule has 0 aliphatic carbocycles. The van der Waals surface area contributed by atoms with E-state index in [1.54, 1.807) is 7.11 Å². The summed E-state index contributed by atoms with van der Waals surface area (Å²) in [6.45, 7) is 9.99. The maximum absolute atomic E-state index is 11.7. The van der Waals surface area contributed by atoms with Crippen LogP contribution in [0.15, 0.2) is 18.2 Å². The molecule has 1 rings (SSSR count). The Morgan fingerprint density at radius 2 is 1.95 bits per heavy atom. The number of hydrogen-bond acceptors (Lipinski definition) is 4. The molecule has 1 amide bonds. The summed E-state index contributed by atoms with van der Waals surface area (Å²) in [5.41, 5.74) is 7.69. The van der Waals surface area contributed by atoms with Crippen LogP contribution < -0.4 is 15.8 Å². The van der Waals surface area contributed by atoms with Gasteiger partial charge in [0, 0.05) is 12.1 Å². The van der Waals surface area contributed by atoms with Gasteiger partial charge in [0.15, 0.2) is 0 Å². The van der Waals surface area contributed by atoms with Gasteiger partial charge in [0.2, 0.25) is 0 Å². The molecule has 22 heavy (non-hydrogen) atoms. The lowest BCUT2D eigenvalue weighted by molar-refractivity contribution is 0.0524. The summed E-state index contributed by atoms with van der Waals surface area (Å²) in [5, 5.41) is 2.68. The summed E-state index contributed by atoms with van der Waals surface area (Å²) >= 11 is 0. The monoisotopic (exact) mass is 308 g/mol. The molecule has 0 aliphatic rings. The number of amides is 1. The molecular formula is C17H28N2O3. The Morgan fingerprint density at radius 1 is 1.32 bits per heavy atom. The molecule has 0 fully saturated rings. The van der Waals surface area contributed by atoms with E-state index in [1.807, 2.05) is 39.0 Å². The first kappa shape index (κ1) is 18.3. The first-order chi connectivity index (χ1) is 10.1. The lowest BCUT2D eigenvalue weighted by Crippen LogP contribution is -2.36. The average molecular weight is 308 g/mol. The summed E-state index contributed by atoms with van der Waals surface area (Å²) in [7, 11) is 1.62. The molecule has 0 heterocycles. The molecular weight excluding hydrogens is 280 g/mol. The maximum atomic E-state index is 11.7. The van der Waals surface area contributed by atoms with Crippen LogP contribution >= 0.6 is 0 Å². The summed E-state index contributed by atoms with van der Waals surface area (Å²) in [4.78, 5) is 11.7. The standard InChI is InChI=1S/C17H28N2O3/c1-11(2)12-7-8-13(15(9-12)21-6)14(18)10-19-16(20)22-17(3,4)5/h7-9,11,14H,10,18H2,1-6H3,(H,19,20). The van der Waals surface area contributed by atoms with Crippen LogP contribution in [0, 0.1) is 0 Å². The van der Waals surface area contributed by atoms with Gasteiger partial charge in [0.1, 0.15) is 11.4 Å². The van der Waals surface area contributed by atoms with Crippen molar-refractivity contribution in [1.82, 2.24) is 5.32 Å². The van der Waals surface area contributed by atoms with Crippen LogP contribution in [0.3, 0.4) is 0 Å². The normalized spacial score (nSPS) is 12.9. The van der Waals surface area contributed by atoms with Gasteiger partial charge in [0.25, 0.3) is 0 Å². The second-order valence-corrected chi connectivity index (χ2v) is 6.65. The summed E-state index contributed by atoms with van der Waals surface area (Å²) in [6.07, 6.45) is -0.472. The van der Waals surface area contributed by atoms with Gasteiger partial charge in [-0.15, -0.1) is 0 Å². The van der Waals surface area contributed by atoms with Gasteiger partial charge in [0.05, 0.1) is 13.2 Å². The maximum Gasteiger partial charge on any atom is 0.407 e. The van der Waals surface area contributed by atoms with Crippen molar-refractivity contribution in [2.45, 2.75) is 52.2 Å². The first-order valence-electron chi connectivity index (χ1n) is 7.54. The molecule has 3 N–H and O–H groups in total. The summed E-state index contributed by atoms with van der Waals surface area (Å²) in [5.74, 6) is 1.16. The number of hydrogen-bond donors (Lipinski definition) is 2. The lowest BCUT2D eigenvalue weighted by atomic mass is 9.98. The molecule has 1 atom stereocenters. The van der Waals surface area contributed by atoms with E-state index in [0.29, 0.717) is 5.92 Å². The zero-order valence-electron chi connectivity index (χ0n) is 14.4. The Bertz CT molecular complexity index is 507. The smallest absolute Gasteiger partial charge is 0.407 e. The molecule has 0 bridgehead atoms. The number of nitrogens with two attached hydrogens (primary N) is 1. The second-order valence-electron chi connectivity index (χ2n) is 6.65. The fourth-order valence-electron chi connectivity index (χ4n) is 2.01. The van der Waals surface area contributed by atoms with Crippen molar-refractivity contribution < 1.29 is 14.3 Å². The minimum atomic E-state index is -0.523. The predicted molar refractivity (Wildman–Crippen MR) is 88.2 cm³/mol. The molecule has 0 aliphatic heterocycles. The van der Waals surface area contributed by atoms with Gasteiger partial charge in [-0.25, -0.2) is 4.79 Å². The van der Waals surface area contributed by atoms with Gasteiger partial charge in [-0.1, -0.05) is 26.0 Å². The Balaban J connectivity index is 2.73. The topological polar surface area (TPSA) is 73.6 Å². The number of benzene rings is 1. The average Bonchev–Trinajstić information content (AvgIpc) is 2.42. The third-order valence-electron chi connectivity index (χ3n) is 3.19. The Kier molecular flexibility index (Phi) is 6.23. The van der Waals surface area contributed by atoms with Crippen molar-refractivity contribution in [3.05, 3.63) is 29.3 Å². The second kappa shape index (κ2) is 7.49. The molecule has 0 radical (unpaired) electrons. The van der Waals surface area contributed by atoms with Crippen molar-refractivity contribution in [1.29, 1.82) is 0 Å². The van der Waals surface area contributed by atoms with E-state index in [-0.39, 0.29) is 12.6 Å². The number of carbonyl (C=O) groups excluding carboxylic acids is 1. The number of rotatable bonds is 5. The van der Waals surface area contributed by atoms with E-state index in [9.17, 15) is 4.79 Å². The van der Waals surface area contributed by atoms with Crippen LogP contribution in [0.5, 0.6) is 5.75 Å². The first-order valence-corrected chi connectivity index (χ1v) is 7.54. The molecule has 0 saturated heterocycles. The molecule has 1 unspecified atom stereocenters. The van der Waals surface area contributed by atoms with Gasteiger partial charge < -0.3 is 20.5 Å². The van der Waals surface area contributed by atoms with Gasteiger partial charge in [-0.05, 0) is 38.3 Å². The van der Waals surface area contributed by atoms with Crippen LogP contribution in [0.2, 0.25) is 0 Å². The van der Waals surface area contributed by atoms with Gasteiger partial charge in [-0.2, -0.15) is 0 Å². The van der Waals surface area contributed by atoms with E-state index in [0.717, 1.165) is 11.3 Å². The molecule has 0 saturated carbocycles. The number of carbonyl (C=O) groups is 1. The highest BCUT2D eigenvalue weighted by molar-refractivity contribution is 5.67. The fraction of sp³-hybridized carbons (Fsp3) is 0.588. The minimum absolute atomic E-state index is 0.284. The molecule has 0 spiro atoms. The number of alkyl carbamates (subject to hydrolysis) is 1. The molecule has 1 aromatic carbocycles.